The van der Waals surface area contributed by atoms with Crippen molar-refractivity contribution in [3.8, 4) is 0 Å². The minimum absolute atomic E-state index is 0.0319. The molecule has 9 nitrogen and oxygen atoms in total. The van der Waals surface area contributed by atoms with Gasteiger partial charge in [0, 0.05) is 74.8 Å². The Labute approximate surface area is 244 Å². The van der Waals surface area contributed by atoms with Gasteiger partial charge in [0.15, 0.2) is 0 Å². The van der Waals surface area contributed by atoms with Crippen molar-refractivity contribution in [2.45, 2.75) is 53.5 Å². The third kappa shape index (κ3) is 9.14. The summed E-state index contributed by atoms with van der Waals surface area (Å²) in [4.78, 5) is 39.2. The van der Waals surface area contributed by atoms with Gasteiger partial charge >= 0.3 is 0 Å². The molecule has 0 saturated carbocycles. The zero-order valence-corrected chi connectivity index (χ0v) is 25.5. The van der Waals surface area contributed by atoms with Crippen LogP contribution in [0.3, 0.4) is 0 Å². The fourth-order valence-corrected chi connectivity index (χ4v) is 4.72. The van der Waals surface area contributed by atoms with Gasteiger partial charge in [-0.2, -0.15) is 4.98 Å². The van der Waals surface area contributed by atoms with Crippen LogP contribution in [0.2, 0.25) is 0 Å². The Kier molecular flexibility index (Phi) is 12.3. The van der Waals surface area contributed by atoms with Crippen molar-refractivity contribution in [2.24, 2.45) is 5.92 Å². The van der Waals surface area contributed by atoms with Crippen molar-refractivity contribution in [3.63, 3.8) is 0 Å². The van der Waals surface area contributed by atoms with Gasteiger partial charge in [0.1, 0.15) is 5.65 Å². The molecule has 0 bridgehead atoms. The van der Waals surface area contributed by atoms with Crippen molar-refractivity contribution < 1.29 is 4.79 Å². The first kappa shape index (κ1) is 31.8. The standard InChI is InChI=1S/C21H26N6O.C11H21NO/c1-3-10-27-19(28)9-4-16-15-22-21(24-20(16)27)23-17-5-7-18(8-6-17)26-13-11-25(2)12-14-26;1-5-8-12(11(13)7-3)9-10(4)6-2/h4-9,15H,3,10-14H2,1-2H3,(H,22,23,24);7,10H,3,5-6,8-9H2,1-2,4H3. The van der Waals surface area contributed by atoms with Crippen molar-refractivity contribution >= 4 is 34.3 Å². The van der Waals surface area contributed by atoms with Crippen LogP contribution in [0.5, 0.6) is 0 Å². The number of aryl methyl sites for hydroxylation is 1. The second-order valence-corrected chi connectivity index (χ2v) is 10.8. The summed E-state index contributed by atoms with van der Waals surface area (Å²) in [7, 11) is 2.16. The van der Waals surface area contributed by atoms with Crippen LogP contribution in [-0.4, -0.2) is 76.6 Å². The lowest BCUT2D eigenvalue weighted by molar-refractivity contribution is -0.126. The maximum absolute atomic E-state index is 12.2. The van der Waals surface area contributed by atoms with Crippen molar-refractivity contribution in [2.75, 3.05) is 56.5 Å². The summed E-state index contributed by atoms with van der Waals surface area (Å²) < 4.78 is 1.71. The molecule has 1 aliphatic rings. The van der Waals surface area contributed by atoms with Crippen LogP contribution < -0.4 is 15.8 Å². The Hall–Kier alpha value is -3.72. The van der Waals surface area contributed by atoms with E-state index in [-0.39, 0.29) is 11.5 Å². The first-order chi connectivity index (χ1) is 19.8. The normalized spacial score (nSPS) is 14.2. The average Bonchev–Trinajstić information content (AvgIpc) is 2.99. The van der Waals surface area contributed by atoms with Crippen LogP contribution in [0.15, 0.2) is 60.0 Å². The molecule has 1 saturated heterocycles. The highest BCUT2D eigenvalue weighted by Gasteiger charge is 2.14. The second kappa shape index (κ2) is 15.9. The van der Waals surface area contributed by atoms with Gasteiger partial charge in [-0.1, -0.05) is 40.7 Å². The third-order valence-corrected chi connectivity index (χ3v) is 7.37. The maximum atomic E-state index is 12.2. The molecule has 1 aromatic carbocycles. The number of piperazine rings is 1. The Morgan fingerprint density at radius 1 is 1.07 bits per heavy atom. The van der Waals surface area contributed by atoms with E-state index in [2.05, 4.69) is 71.6 Å². The number of fused-ring (bicyclic) bond motifs is 1. The van der Waals surface area contributed by atoms with E-state index < -0.39 is 0 Å². The largest absolute Gasteiger partial charge is 0.369 e. The van der Waals surface area contributed by atoms with Gasteiger partial charge in [0.2, 0.25) is 11.9 Å². The zero-order chi connectivity index (χ0) is 29.8. The Balaban J connectivity index is 0.000000302. The number of nitrogens with one attached hydrogen (secondary N) is 1. The summed E-state index contributed by atoms with van der Waals surface area (Å²) in [6, 6.07) is 11.7. The number of amides is 1. The highest BCUT2D eigenvalue weighted by molar-refractivity contribution is 5.87. The molecular formula is C32H47N7O2. The number of benzene rings is 1. The van der Waals surface area contributed by atoms with E-state index >= 15 is 0 Å². The summed E-state index contributed by atoms with van der Waals surface area (Å²) in [5.74, 6) is 1.13. The summed E-state index contributed by atoms with van der Waals surface area (Å²) in [5, 5.41) is 4.12. The summed E-state index contributed by atoms with van der Waals surface area (Å²) >= 11 is 0. The molecule has 9 heteroatoms. The van der Waals surface area contributed by atoms with E-state index in [1.807, 2.05) is 24.0 Å². The van der Waals surface area contributed by atoms with Gasteiger partial charge in [-0.25, -0.2) is 4.98 Å². The minimum atomic E-state index is -0.0319. The van der Waals surface area contributed by atoms with Crippen LogP contribution in [0.1, 0.15) is 47.0 Å². The molecule has 4 rings (SSSR count). The lowest BCUT2D eigenvalue weighted by atomic mass is 10.1. The van der Waals surface area contributed by atoms with Crippen LogP contribution in [0.25, 0.3) is 11.0 Å². The molecule has 1 unspecified atom stereocenters. The number of carbonyl (C=O) groups excluding carboxylic acids is 1. The van der Waals surface area contributed by atoms with Gasteiger partial charge in [-0.3, -0.25) is 14.2 Å². The molecule has 41 heavy (non-hydrogen) atoms. The smallest absolute Gasteiger partial charge is 0.252 e. The molecule has 1 fully saturated rings. The Morgan fingerprint density at radius 3 is 2.39 bits per heavy atom. The molecule has 0 spiro atoms. The van der Waals surface area contributed by atoms with E-state index in [9.17, 15) is 9.59 Å². The average molecular weight is 562 g/mol. The molecule has 1 N–H and O–H groups in total. The van der Waals surface area contributed by atoms with E-state index in [0.717, 1.165) is 69.6 Å². The Morgan fingerprint density at radius 2 is 1.78 bits per heavy atom. The monoisotopic (exact) mass is 561 g/mol. The van der Waals surface area contributed by atoms with Crippen LogP contribution >= 0.6 is 0 Å². The number of anilines is 3. The van der Waals surface area contributed by atoms with E-state index in [4.69, 9.17) is 0 Å². The zero-order valence-electron chi connectivity index (χ0n) is 25.5. The number of rotatable bonds is 11. The van der Waals surface area contributed by atoms with Crippen LogP contribution in [0, 0.1) is 5.92 Å². The van der Waals surface area contributed by atoms with E-state index in [1.165, 1.54) is 11.8 Å². The van der Waals surface area contributed by atoms with Crippen molar-refractivity contribution in [3.05, 3.63) is 65.6 Å². The van der Waals surface area contributed by atoms with Gasteiger partial charge in [-0.05, 0) is 62.2 Å². The molecule has 2 aromatic heterocycles. The van der Waals surface area contributed by atoms with Crippen molar-refractivity contribution in [1.29, 1.82) is 0 Å². The van der Waals surface area contributed by atoms with E-state index in [0.29, 0.717) is 24.1 Å². The van der Waals surface area contributed by atoms with E-state index in [1.54, 1.807) is 22.9 Å². The quantitative estimate of drug-likeness (QED) is 0.324. The van der Waals surface area contributed by atoms with Gasteiger partial charge in [-0.15, -0.1) is 0 Å². The highest BCUT2D eigenvalue weighted by Crippen LogP contribution is 2.21. The lowest BCUT2D eigenvalue weighted by Crippen LogP contribution is -2.44. The Bertz CT molecular complexity index is 1310. The molecule has 1 amide bonds. The maximum Gasteiger partial charge on any atom is 0.252 e. The number of aromatic nitrogens is 3. The molecule has 3 aromatic rings. The summed E-state index contributed by atoms with van der Waals surface area (Å²) in [6.45, 7) is 18.6. The fourth-order valence-electron chi connectivity index (χ4n) is 4.72. The number of hydrogen-bond acceptors (Lipinski definition) is 7. The van der Waals surface area contributed by atoms with Gasteiger partial charge in [0.25, 0.3) is 5.56 Å². The number of pyridine rings is 1. The number of hydrogen-bond donors (Lipinski definition) is 1. The van der Waals surface area contributed by atoms with Crippen molar-refractivity contribution in [1.82, 2.24) is 24.3 Å². The van der Waals surface area contributed by atoms with Gasteiger partial charge < -0.3 is 20.0 Å². The summed E-state index contributed by atoms with van der Waals surface area (Å²) in [5.41, 5.74) is 2.80. The molecule has 1 aliphatic heterocycles. The first-order valence-electron chi connectivity index (χ1n) is 14.9. The third-order valence-electron chi connectivity index (χ3n) is 7.37. The summed E-state index contributed by atoms with van der Waals surface area (Å²) in [6.07, 6.45) is 6.16. The molecule has 1 atom stereocenters. The molecular weight excluding hydrogens is 514 g/mol. The number of nitrogens with zero attached hydrogens (tertiary/aromatic N) is 6. The lowest BCUT2D eigenvalue weighted by Gasteiger charge is -2.34. The predicted molar refractivity (Wildman–Crippen MR) is 170 cm³/mol. The second-order valence-electron chi connectivity index (χ2n) is 10.8. The van der Waals surface area contributed by atoms with Crippen LogP contribution in [-0.2, 0) is 11.3 Å². The SMILES string of the molecule is C=CC(=O)N(CCC)CC(C)CC.CCCn1c(=O)ccc2cnc(Nc3ccc(N4CCN(C)CC4)cc3)nc21. The fraction of sp³-hybridized carbons (Fsp3) is 0.500. The predicted octanol–water partition coefficient (Wildman–Crippen LogP) is 5.15. The highest BCUT2D eigenvalue weighted by atomic mass is 16.2. The van der Waals surface area contributed by atoms with Gasteiger partial charge in [0.05, 0.1) is 0 Å². The molecule has 0 radical (unpaired) electrons. The number of carbonyl (C=O) groups is 1. The molecule has 222 valence electrons. The van der Waals surface area contributed by atoms with Crippen LogP contribution in [0.4, 0.5) is 17.3 Å². The topological polar surface area (TPSA) is 86.6 Å². The number of likely N-dealkylation sites (N-methyl/N-ethyl adjacent to an activating group) is 1. The first-order valence-corrected chi connectivity index (χ1v) is 14.9. The molecule has 0 aliphatic carbocycles. The minimum Gasteiger partial charge on any atom is -0.369 e. The molecule has 3 heterocycles.